The van der Waals surface area contributed by atoms with Crippen molar-refractivity contribution in [2.75, 3.05) is 13.2 Å². The quantitative estimate of drug-likeness (QED) is 0.715. The van der Waals surface area contributed by atoms with Gasteiger partial charge in [0.1, 0.15) is 11.6 Å². The number of hydrogen-bond acceptors (Lipinski definition) is 3. The molecule has 0 radical (unpaired) electrons. The Bertz CT molecular complexity index is 981. The highest BCUT2D eigenvalue weighted by Crippen LogP contribution is 2.13. The van der Waals surface area contributed by atoms with Crippen LogP contribution in [0.25, 0.3) is 10.9 Å². The van der Waals surface area contributed by atoms with Crippen LogP contribution in [0.2, 0.25) is 0 Å². The molecule has 3 rings (SSSR count). The van der Waals surface area contributed by atoms with Gasteiger partial charge in [-0.2, -0.15) is 0 Å². The normalized spacial score (nSPS) is 10.7. The molecule has 2 aromatic carbocycles. The molecule has 0 atom stereocenters. The number of benzene rings is 2. The average Bonchev–Trinajstić information content (AvgIpc) is 2.62. The summed E-state index contributed by atoms with van der Waals surface area (Å²) in [4.78, 5) is 26.8. The van der Waals surface area contributed by atoms with Crippen LogP contribution in [0.3, 0.4) is 0 Å². The van der Waals surface area contributed by atoms with Crippen molar-refractivity contribution in [3.05, 3.63) is 75.8 Å². The van der Waals surface area contributed by atoms with Gasteiger partial charge in [-0.05, 0) is 61.2 Å². The fraction of sp³-hybridized carbons (Fsp3) is 0.200. The van der Waals surface area contributed by atoms with Crippen molar-refractivity contribution in [3.63, 3.8) is 0 Å². The zero-order valence-corrected chi connectivity index (χ0v) is 14.3. The Balaban J connectivity index is 1.53. The summed E-state index contributed by atoms with van der Waals surface area (Å²) in [5.74, 6) is -0.247. The Hall–Kier alpha value is -3.15. The Morgan fingerprint density at radius 3 is 2.69 bits per heavy atom. The van der Waals surface area contributed by atoms with Crippen LogP contribution in [0, 0.1) is 12.7 Å². The first-order chi connectivity index (χ1) is 12.5. The van der Waals surface area contributed by atoms with Gasteiger partial charge in [-0.3, -0.25) is 9.59 Å². The average molecular weight is 354 g/mol. The molecule has 0 unspecified atom stereocenters. The van der Waals surface area contributed by atoms with Crippen LogP contribution in [0.4, 0.5) is 4.39 Å². The van der Waals surface area contributed by atoms with Crippen LogP contribution in [-0.4, -0.2) is 24.0 Å². The molecule has 0 bridgehead atoms. The molecule has 26 heavy (non-hydrogen) atoms. The largest absolute Gasteiger partial charge is 0.484 e. The topological polar surface area (TPSA) is 71.2 Å². The van der Waals surface area contributed by atoms with Crippen molar-refractivity contribution < 1.29 is 13.9 Å². The highest BCUT2D eigenvalue weighted by atomic mass is 19.1. The fourth-order valence-corrected chi connectivity index (χ4v) is 2.62. The molecular weight excluding hydrogens is 335 g/mol. The van der Waals surface area contributed by atoms with Crippen LogP contribution in [0.1, 0.15) is 11.1 Å². The Morgan fingerprint density at radius 2 is 1.92 bits per heavy atom. The summed E-state index contributed by atoms with van der Waals surface area (Å²) in [7, 11) is 0. The number of carbonyl (C=O) groups excluding carboxylic acids is 1. The molecule has 134 valence electrons. The van der Waals surface area contributed by atoms with Crippen molar-refractivity contribution in [1.82, 2.24) is 10.3 Å². The van der Waals surface area contributed by atoms with E-state index in [0.29, 0.717) is 24.3 Å². The summed E-state index contributed by atoms with van der Waals surface area (Å²) in [6, 6.07) is 13.1. The number of fused-ring (bicyclic) bond motifs is 1. The van der Waals surface area contributed by atoms with Gasteiger partial charge in [0.25, 0.3) is 11.5 Å². The zero-order chi connectivity index (χ0) is 18.5. The smallest absolute Gasteiger partial charge is 0.257 e. The number of halogens is 1. The minimum atomic E-state index is -0.363. The molecular formula is C20H19FN2O3. The highest BCUT2D eigenvalue weighted by Gasteiger charge is 2.06. The highest BCUT2D eigenvalue weighted by molar-refractivity contribution is 5.80. The summed E-state index contributed by atoms with van der Waals surface area (Å²) >= 11 is 0. The SMILES string of the molecule is Cc1ccc2[nH]c(=O)c(CCNC(=O)COc3ccc(F)cc3)cc2c1. The van der Waals surface area contributed by atoms with E-state index in [0.717, 1.165) is 16.5 Å². The number of aromatic amines is 1. The first-order valence-electron chi connectivity index (χ1n) is 8.29. The number of amides is 1. The number of nitrogens with one attached hydrogen (secondary N) is 2. The number of rotatable bonds is 6. The summed E-state index contributed by atoms with van der Waals surface area (Å²) in [5, 5.41) is 3.67. The van der Waals surface area contributed by atoms with E-state index in [4.69, 9.17) is 4.74 Å². The molecule has 5 nitrogen and oxygen atoms in total. The molecule has 0 saturated carbocycles. The predicted octanol–water partition coefficient (Wildman–Crippen LogP) is 2.71. The lowest BCUT2D eigenvalue weighted by Gasteiger charge is -2.08. The lowest BCUT2D eigenvalue weighted by molar-refractivity contribution is -0.123. The number of aromatic nitrogens is 1. The molecule has 0 fully saturated rings. The number of aryl methyl sites for hydroxylation is 1. The number of hydrogen-bond donors (Lipinski definition) is 2. The summed E-state index contributed by atoms with van der Waals surface area (Å²) < 4.78 is 18.1. The van der Waals surface area contributed by atoms with E-state index in [9.17, 15) is 14.0 Å². The van der Waals surface area contributed by atoms with Crippen molar-refractivity contribution in [2.24, 2.45) is 0 Å². The van der Waals surface area contributed by atoms with Gasteiger partial charge in [0.05, 0.1) is 0 Å². The van der Waals surface area contributed by atoms with Gasteiger partial charge in [0.15, 0.2) is 6.61 Å². The summed E-state index contributed by atoms with van der Waals surface area (Å²) in [6.45, 7) is 2.15. The van der Waals surface area contributed by atoms with Gasteiger partial charge < -0.3 is 15.0 Å². The molecule has 0 spiro atoms. The van der Waals surface area contributed by atoms with Crippen molar-refractivity contribution in [1.29, 1.82) is 0 Å². The molecule has 1 amide bonds. The van der Waals surface area contributed by atoms with Gasteiger partial charge in [0.2, 0.25) is 0 Å². The lowest BCUT2D eigenvalue weighted by Crippen LogP contribution is -2.31. The van der Waals surface area contributed by atoms with Crippen LogP contribution in [0.5, 0.6) is 5.75 Å². The third-order valence-corrected chi connectivity index (χ3v) is 3.98. The molecule has 2 N–H and O–H groups in total. The van der Waals surface area contributed by atoms with E-state index >= 15 is 0 Å². The minimum absolute atomic E-state index is 0.154. The number of H-pyrrole nitrogens is 1. The van der Waals surface area contributed by atoms with Crippen LogP contribution >= 0.6 is 0 Å². The van der Waals surface area contributed by atoms with E-state index in [-0.39, 0.29) is 23.9 Å². The van der Waals surface area contributed by atoms with Crippen molar-refractivity contribution >= 4 is 16.8 Å². The molecule has 1 heterocycles. The first-order valence-corrected chi connectivity index (χ1v) is 8.29. The van der Waals surface area contributed by atoms with Crippen molar-refractivity contribution in [3.8, 4) is 5.75 Å². The summed E-state index contributed by atoms with van der Waals surface area (Å²) in [5.41, 5.74) is 2.36. The van der Waals surface area contributed by atoms with E-state index in [1.54, 1.807) is 0 Å². The third-order valence-electron chi connectivity index (χ3n) is 3.98. The predicted molar refractivity (Wildman–Crippen MR) is 97.9 cm³/mol. The summed E-state index contributed by atoms with van der Waals surface area (Å²) in [6.07, 6.45) is 0.418. The second-order valence-electron chi connectivity index (χ2n) is 6.06. The van der Waals surface area contributed by atoms with E-state index in [1.165, 1.54) is 24.3 Å². The number of pyridine rings is 1. The molecule has 3 aromatic rings. The second kappa shape index (κ2) is 7.82. The molecule has 1 aromatic heterocycles. The molecule has 0 aliphatic carbocycles. The molecule has 6 heteroatoms. The monoisotopic (exact) mass is 354 g/mol. The lowest BCUT2D eigenvalue weighted by atomic mass is 10.1. The van der Waals surface area contributed by atoms with E-state index < -0.39 is 0 Å². The van der Waals surface area contributed by atoms with Crippen LogP contribution in [0.15, 0.2) is 53.3 Å². The van der Waals surface area contributed by atoms with Gasteiger partial charge in [-0.15, -0.1) is 0 Å². The standard InChI is InChI=1S/C20H19FN2O3/c1-13-2-7-18-15(10-13)11-14(20(25)23-18)8-9-22-19(24)12-26-17-5-3-16(21)4-6-17/h2-7,10-11H,8-9,12H2,1H3,(H,22,24)(H,23,25). The van der Waals surface area contributed by atoms with Crippen molar-refractivity contribution in [2.45, 2.75) is 13.3 Å². The molecule has 0 aliphatic rings. The maximum absolute atomic E-state index is 12.8. The first kappa shape index (κ1) is 17.7. The maximum Gasteiger partial charge on any atom is 0.257 e. The van der Waals surface area contributed by atoms with Crippen LogP contribution < -0.4 is 15.6 Å². The number of ether oxygens (including phenoxy) is 1. The molecule has 0 aliphatic heterocycles. The van der Waals surface area contributed by atoms with Crippen LogP contribution in [-0.2, 0) is 11.2 Å². The molecule has 0 saturated heterocycles. The van der Waals surface area contributed by atoms with E-state index in [1.807, 2.05) is 31.2 Å². The number of carbonyl (C=O) groups is 1. The van der Waals surface area contributed by atoms with Gasteiger partial charge in [-0.1, -0.05) is 11.6 Å². The second-order valence-corrected chi connectivity index (χ2v) is 6.06. The maximum atomic E-state index is 12.8. The van der Waals surface area contributed by atoms with Gasteiger partial charge in [-0.25, -0.2) is 4.39 Å². The van der Waals surface area contributed by atoms with Gasteiger partial charge in [0, 0.05) is 17.6 Å². The minimum Gasteiger partial charge on any atom is -0.484 e. The fourth-order valence-electron chi connectivity index (χ4n) is 2.62. The Kier molecular flexibility index (Phi) is 5.31. The Labute approximate surface area is 149 Å². The Morgan fingerprint density at radius 1 is 1.15 bits per heavy atom. The zero-order valence-electron chi connectivity index (χ0n) is 14.3. The third kappa shape index (κ3) is 4.47. The van der Waals surface area contributed by atoms with E-state index in [2.05, 4.69) is 10.3 Å². The van der Waals surface area contributed by atoms with Gasteiger partial charge >= 0.3 is 0 Å².